The Kier molecular flexibility index (Phi) is 4.72. The Hall–Kier alpha value is -0.940. The average Bonchev–Trinajstić information content (AvgIpc) is 2.40. The van der Waals surface area contributed by atoms with Gasteiger partial charge in [0.05, 0.1) is 12.1 Å². The first-order chi connectivity index (χ1) is 8.70. The topological polar surface area (TPSA) is 70.5 Å². The normalized spacial score (nSPS) is 30.1. The molecule has 100 valence electrons. The summed E-state index contributed by atoms with van der Waals surface area (Å²) in [6.45, 7) is 0. The first kappa shape index (κ1) is 13.5. The number of nitrogens with two attached hydrogens (primary N) is 2. The third kappa shape index (κ3) is 3.29. The van der Waals surface area contributed by atoms with E-state index >= 15 is 0 Å². The third-order valence-corrected chi connectivity index (χ3v) is 3.47. The molecule has 1 fully saturated rings. The lowest BCUT2D eigenvalue weighted by Crippen LogP contribution is -2.51. The summed E-state index contributed by atoms with van der Waals surface area (Å²) in [7, 11) is 1.62. The molecule has 4 heteroatoms. The third-order valence-electron chi connectivity index (χ3n) is 3.47. The number of hydrogen-bond acceptors (Lipinski definition) is 4. The Balaban J connectivity index is 1.91. The van der Waals surface area contributed by atoms with Crippen LogP contribution in [-0.2, 0) is 15.9 Å². The fraction of sp³-hybridized carbons (Fsp3) is 0.571. The van der Waals surface area contributed by atoms with Crippen molar-refractivity contribution in [2.75, 3.05) is 7.11 Å². The van der Waals surface area contributed by atoms with E-state index in [4.69, 9.17) is 20.9 Å². The molecular formula is C14H22N2O2. The van der Waals surface area contributed by atoms with Crippen molar-refractivity contribution in [1.82, 2.24) is 0 Å². The molecule has 1 heterocycles. The maximum absolute atomic E-state index is 6.22. The highest BCUT2D eigenvalue weighted by atomic mass is 16.7. The standard InChI is InChI=1S/C14H22N2O2/c1-17-14-11(15)7-8-13(18-14)12(16)9-10-5-3-2-4-6-10/h2-6,11-14H,7-9,15-16H2,1H3/t11?,12?,13?,14-/m0/s1. The maximum Gasteiger partial charge on any atom is 0.172 e. The highest BCUT2D eigenvalue weighted by Crippen LogP contribution is 2.22. The summed E-state index contributed by atoms with van der Waals surface area (Å²) in [5, 5.41) is 0. The molecule has 0 aliphatic carbocycles. The lowest BCUT2D eigenvalue weighted by atomic mass is 9.95. The molecule has 4 nitrogen and oxygen atoms in total. The van der Waals surface area contributed by atoms with Crippen LogP contribution < -0.4 is 11.5 Å². The molecule has 1 aliphatic rings. The van der Waals surface area contributed by atoms with Gasteiger partial charge in [-0.1, -0.05) is 30.3 Å². The highest BCUT2D eigenvalue weighted by Gasteiger charge is 2.31. The molecule has 18 heavy (non-hydrogen) atoms. The van der Waals surface area contributed by atoms with E-state index in [9.17, 15) is 0 Å². The summed E-state index contributed by atoms with van der Waals surface area (Å²) in [6.07, 6.45) is 2.30. The molecule has 0 spiro atoms. The van der Waals surface area contributed by atoms with Crippen molar-refractivity contribution in [3.63, 3.8) is 0 Å². The second-order valence-electron chi connectivity index (χ2n) is 4.87. The molecule has 3 unspecified atom stereocenters. The fourth-order valence-electron chi connectivity index (χ4n) is 2.40. The number of ether oxygens (including phenoxy) is 2. The fourth-order valence-corrected chi connectivity index (χ4v) is 2.40. The van der Waals surface area contributed by atoms with E-state index in [1.807, 2.05) is 18.2 Å². The first-order valence-electron chi connectivity index (χ1n) is 6.44. The lowest BCUT2D eigenvalue weighted by molar-refractivity contribution is -0.193. The zero-order valence-corrected chi connectivity index (χ0v) is 10.8. The van der Waals surface area contributed by atoms with Crippen LogP contribution in [0.2, 0.25) is 0 Å². The van der Waals surface area contributed by atoms with Crippen LogP contribution in [0, 0.1) is 0 Å². The molecule has 0 saturated carbocycles. The van der Waals surface area contributed by atoms with E-state index in [0.717, 1.165) is 19.3 Å². The average molecular weight is 250 g/mol. The molecule has 0 radical (unpaired) electrons. The van der Waals surface area contributed by atoms with Gasteiger partial charge < -0.3 is 20.9 Å². The molecule has 4 atom stereocenters. The maximum atomic E-state index is 6.22. The summed E-state index contributed by atoms with van der Waals surface area (Å²) in [6, 6.07) is 10.2. The molecule has 1 aliphatic heterocycles. The van der Waals surface area contributed by atoms with Gasteiger partial charge in [0, 0.05) is 13.2 Å². The molecule has 1 aromatic rings. The predicted molar refractivity (Wildman–Crippen MR) is 71.0 cm³/mol. The predicted octanol–water partition coefficient (Wildman–Crippen LogP) is 1.04. The van der Waals surface area contributed by atoms with Gasteiger partial charge in [-0.15, -0.1) is 0 Å². The van der Waals surface area contributed by atoms with Gasteiger partial charge in [0.2, 0.25) is 0 Å². The van der Waals surface area contributed by atoms with Crippen molar-refractivity contribution < 1.29 is 9.47 Å². The summed E-state index contributed by atoms with van der Waals surface area (Å²) < 4.78 is 11.0. The number of rotatable bonds is 4. The van der Waals surface area contributed by atoms with Crippen LogP contribution in [0.3, 0.4) is 0 Å². The van der Waals surface area contributed by atoms with Gasteiger partial charge >= 0.3 is 0 Å². The molecule has 1 aromatic carbocycles. The summed E-state index contributed by atoms with van der Waals surface area (Å²) in [4.78, 5) is 0. The van der Waals surface area contributed by atoms with Crippen molar-refractivity contribution in [3.8, 4) is 0 Å². The minimum Gasteiger partial charge on any atom is -0.354 e. The highest BCUT2D eigenvalue weighted by molar-refractivity contribution is 5.16. The summed E-state index contributed by atoms with van der Waals surface area (Å²) in [5.41, 5.74) is 13.4. The van der Waals surface area contributed by atoms with Gasteiger partial charge in [0.15, 0.2) is 6.29 Å². The van der Waals surface area contributed by atoms with E-state index in [0.29, 0.717) is 0 Å². The smallest absolute Gasteiger partial charge is 0.172 e. The molecule has 1 saturated heterocycles. The van der Waals surface area contributed by atoms with Gasteiger partial charge in [-0.05, 0) is 24.8 Å². The Bertz CT molecular complexity index is 358. The molecule has 4 N–H and O–H groups in total. The van der Waals surface area contributed by atoms with Gasteiger partial charge in [-0.3, -0.25) is 0 Å². The van der Waals surface area contributed by atoms with Crippen molar-refractivity contribution >= 4 is 0 Å². The van der Waals surface area contributed by atoms with Crippen LogP contribution in [0.5, 0.6) is 0 Å². The molecular weight excluding hydrogens is 228 g/mol. The van der Waals surface area contributed by atoms with Gasteiger partial charge in [-0.2, -0.15) is 0 Å². The number of hydrogen-bond donors (Lipinski definition) is 2. The largest absolute Gasteiger partial charge is 0.354 e. The van der Waals surface area contributed by atoms with E-state index in [-0.39, 0.29) is 24.5 Å². The van der Waals surface area contributed by atoms with Gasteiger partial charge in [0.1, 0.15) is 0 Å². The van der Waals surface area contributed by atoms with E-state index in [1.165, 1.54) is 5.56 Å². The van der Waals surface area contributed by atoms with Gasteiger partial charge in [0.25, 0.3) is 0 Å². The molecule has 0 bridgehead atoms. The second-order valence-corrected chi connectivity index (χ2v) is 4.87. The van der Waals surface area contributed by atoms with Crippen LogP contribution in [0.15, 0.2) is 30.3 Å². The molecule has 0 amide bonds. The second kappa shape index (κ2) is 6.29. The Labute approximate surface area is 108 Å². The van der Waals surface area contributed by atoms with Gasteiger partial charge in [-0.25, -0.2) is 0 Å². The molecule has 0 aromatic heterocycles. The molecule has 2 rings (SSSR count). The van der Waals surface area contributed by atoms with Crippen LogP contribution >= 0.6 is 0 Å². The van der Waals surface area contributed by atoms with E-state index in [1.54, 1.807) is 7.11 Å². The Morgan fingerprint density at radius 3 is 2.72 bits per heavy atom. The number of benzene rings is 1. The first-order valence-corrected chi connectivity index (χ1v) is 6.44. The summed E-state index contributed by atoms with van der Waals surface area (Å²) >= 11 is 0. The van der Waals surface area contributed by atoms with Crippen LogP contribution in [0.25, 0.3) is 0 Å². The minimum absolute atomic E-state index is 0.0162. The van der Waals surface area contributed by atoms with Crippen molar-refractivity contribution in [2.45, 2.75) is 43.7 Å². The van der Waals surface area contributed by atoms with Crippen LogP contribution in [0.1, 0.15) is 18.4 Å². The van der Waals surface area contributed by atoms with Crippen molar-refractivity contribution in [2.24, 2.45) is 11.5 Å². The lowest BCUT2D eigenvalue weighted by Gasteiger charge is -2.36. The zero-order chi connectivity index (χ0) is 13.0. The monoisotopic (exact) mass is 250 g/mol. The number of methoxy groups -OCH3 is 1. The van der Waals surface area contributed by atoms with E-state index < -0.39 is 0 Å². The Morgan fingerprint density at radius 2 is 2.06 bits per heavy atom. The Morgan fingerprint density at radius 1 is 1.33 bits per heavy atom. The van der Waals surface area contributed by atoms with E-state index in [2.05, 4.69) is 12.1 Å². The zero-order valence-electron chi connectivity index (χ0n) is 10.8. The SMILES string of the molecule is CO[C@H]1OC(C(N)Cc2ccccc2)CCC1N. The van der Waals surface area contributed by atoms with Crippen molar-refractivity contribution in [1.29, 1.82) is 0 Å². The van der Waals surface area contributed by atoms with Crippen LogP contribution in [0.4, 0.5) is 0 Å². The summed E-state index contributed by atoms with van der Waals surface area (Å²) in [5.74, 6) is 0. The van der Waals surface area contributed by atoms with Crippen LogP contribution in [-0.4, -0.2) is 31.6 Å². The van der Waals surface area contributed by atoms with Crippen molar-refractivity contribution in [3.05, 3.63) is 35.9 Å². The quantitative estimate of drug-likeness (QED) is 0.837. The minimum atomic E-state index is -0.328.